The van der Waals surface area contributed by atoms with Crippen molar-refractivity contribution in [3.63, 3.8) is 0 Å². The first-order valence-corrected chi connectivity index (χ1v) is 16.5. The van der Waals surface area contributed by atoms with Gasteiger partial charge < -0.3 is 23.7 Å². The van der Waals surface area contributed by atoms with Crippen LogP contribution in [0.1, 0.15) is 40.3 Å². The summed E-state index contributed by atoms with van der Waals surface area (Å²) in [4.78, 5) is 31.4. The molecule has 0 bridgehead atoms. The number of nitrogens with zero attached hydrogens (tertiary/aromatic N) is 2. The van der Waals surface area contributed by atoms with Gasteiger partial charge in [-0.25, -0.2) is 0 Å². The molecule has 0 N–H and O–H groups in total. The Morgan fingerprint density at radius 3 is 1.90 bits per heavy atom. The largest absolute Gasteiger partial charge is 0.496 e. The quantitative estimate of drug-likeness (QED) is 0.162. The van der Waals surface area contributed by atoms with Gasteiger partial charge >= 0.3 is 6.18 Å². The van der Waals surface area contributed by atoms with E-state index in [4.69, 9.17) is 35.3 Å². The van der Waals surface area contributed by atoms with Gasteiger partial charge in [0.25, 0.3) is 11.8 Å². The monoisotopic (exact) mass is 724 g/mol. The highest BCUT2D eigenvalue weighted by molar-refractivity contribution is 6.31. The Morgan fingerprint density at radius 2 is 1.31 bits per heavy atom. The van der Waals surface area contributed by atoms with Gasteiger partial charge in [0.2, 0.25) is 11.4 Å². The number of methoxy groups -OCH3 is 2. The van der Waals surface area contributed by atoms with Crippen LogP contribution in [-0.2, 0) is 49.8 Å². The number of aryl methyl sites for hydroxylation is 1. The summed E-state index contributed by atoms with van der Waals surface area (Å²) >= 11 is 6.56. The Balaban J connectivity index is 1.70. The van der Waals surface area contributed by atoms with Crippen molar-refractivity contribution in [2.45, 2.75) is 44.6 Å². The zero-order chi connectivity index (χ0) is 36.6. The summed E-state index contributed by atoms with van der Waals surface area (Å²) in [5.41, 5.74) is -2.54. The van der Waals surface area contributed by atoms with Crippen LogP contribution in [0.5, 0.6) is 17.2 Å². The van der Waals surface area contributed by atoms with Crippen LogP contribution >= 0.6 is 11.6 Å². The van der Waals surface area contributed by atoms with Crippen molar-refractivity contribution >= 4 is 23.4 Å². The lowest BCUT2D eigenvalue weighted by molar-refractivity contribution is -0.286. The smallest absolute Gasteiger partial charge is 0.416 e. The minimum absolute atomic E-state index is 0.0514. The van der Waals surface area contributed by atoms with Crippen LogP contribution < -0.4 is 14.2 Å². The second-order valence-corrected chi connectivity index (χ2v) is 12.5. The molecule has 0 aliphatic carbocycles. The predicted octanol–water partition coefficient (Wildman–Crippen LogP) is 7.21. The van der Waals surface area contributed by atoms with Crippen LogP contribution in [0.15, 0.2) is 84.9 Å². The number of amides is 2. The van der Waals surface area contributed by atoms with Crippen LogP contribution in [0.25, 0.3) is 0 Å². The average Bonchev–Trinajstić information content (AvgIpc) is 3.62. The molecule has 4 aromatic rings. The molecule has 2 aliphatic rings. The van der Waals surface area contributed by atoms with Crippen molar-refractivity contribution in [1.82, 2.24) is 9.80 Å². The average molecular weight is 725 g/mol. The number of ether oxygens (including phenoxy) is 5. The lowest BCUT2D eigenvalue weighted by Gasteiger charge is -2.52. The summed E-state index contributed by atoms with van der Waals surface area (Å²) in [7, 11) is 2.88. The van der Waals surface area contributed by atoms with Gasteiger partial charge in [0.15, 0.2) is 0 Å². The van der Waals surface area contributed by atoms with Crippen molar-refractivity contribution in [1.29, 1.82) is 0 Å². The molecule has 0 aromatic heterocycles. The highest BCUT2D eigenvalue weighted by atomic mass is 35.5. The van der Waals surface area contributed by atoms with Crippen molar-refractivity contribution in [2.75, 3.05) is 34.0 Å². The minimum atomic E-state index is -4.57. The molecule has 2 fully saturated rings. The van der Waals surface area contributed by atoms with Gasteiger partial charge in [0, 0.05) is 18.1 Å². The van der Waals surface area contributed by atoms with E-state index in [9.17, 15) is 22.8 Å². The number of carbonyl (C=O) groups excluding carboxylic acids is 2. The molecule has 13 heteroatoms. The molecule has 2 aliphatic heterocycles. The summed E-state index contributed by atoms with van der Waals surface area (Å²) in [6, 6.07) is 21.9. The van der Waals surface area contributed by atoms with E-state index >= 15 is 0 Å². The van der Waals surface area contributed by atoms with Crippen molar-refractivity contribution in [3.8, 4) is 17.2 Å². The van der Waals surface area contributed by atoms with Gasteiger partial charge in [0.1, 0.15) is 30.5 Å². The van der Waals surface area contributed by atoms with E-state index in [1.807, 2.05) is 26.0 Å². The van der Waals surface area contributed by atoms with E-state index in [1.165, 1.54) is 36.2 Å². The molecule has 2 saturated heterocycles. The lowest BCUT2D eigenvalue weighted by Crippen LogP contribution is -2.65. The maximum Gasteiger partial charge on any atom is 0.416 e. The first-order valence-electron chi connectivity index (χ1n) is 16.1. The molecule has 51 heavy (non-hydrogen) atoms. The molecule has 0 radical (unpaired) electrons. The molecule has 9 nitrogen and oxygen atoms in total. The lowest BCUT2D eigenvalue weighted by atomic mass is 9.81. The topological polar surface area (TPSA) is 86.8 Å². The van der Waals surface area contributed by atoms with Crippen LogP contribution in [0.4, 0.5) is 13.2 Å². The molecule has 0 spiro atoms. The van der Waals surface area contributed by atoms with Crippen molar-refractivity contribution < 1.29 is 46.4 Å². The number of rotatable bonds is 11. The standard InChI is InChI=1S/C38H36ClF3N2O7/c1-5-49-30-10-7-6-9-28(30)36(43(33(45)22-50-36)21-26-14-13-24(2)29(39)19-26)37(35-31(47-3)11-8-12-32(35)48-4)44(34(46)23-51-37)20-25-15-17-27(18-16-25)38(40,41)42/h6-19H,5,20-23H2,1-4H3. The van der Waals surface area contributed by atoms with Gasteiger partial charge in [0.05, 0.1) is 37.5 Å². The summed E-state index contributed by atoms with van der Waals surface area (Å²) in [5, 5.41) is 0.484. The Bertz CT molecular complexity index is 1920. The summed E-state index contributed by atoms with van der Waals surface area (Å²) < 4.78 is 72.2. The molecule has 6 rings (SSSR count). The third-order valence-electron chi connectivity index (χ3n) is 9.15. The number of hydrogen-bond donors (Lipinski definition) is 0. The summed E-state index contributed by atoms with van der Waals surface area (Å²) in [6.07, 6.45) is -4.57. The van der Waals surface area contributed by atoms with E-state index in [0.29, 0.717) is 27.5 Å². The maximum absolute atomic E-state index is 14.3. The van der Waals surface area contributed by atoms with Crippen LogP contribution in [0, 0.1) is 6.92 Å². The number of benzene rings is 4. The number of hydrogen-bond acceptors (Lipinski definition) is 7. The van der Waals surface area contributed by atoms with Crippen LogP contribution in [-0.4, -0.2) is 55.7 Å². The van der Waals surface area contributed by atoms with Gasteiger partial charge in [-0.1, -0.05) is 60.1 Å². The normalized spacial score (nSPS) is 20.6. The van der Waals surface area contributed by atoms with Gasteiger partial charge in [-0.2, -0.15) is 13.2 Å². The second-order valence-electron chi connectivity index (χ2n) is 12.1. The van der Waals surface area contributed by atoms with E-state index < -0.39 is 48.2 Å². The highest BCUT2D eigenvalue weighted by Crippen LogP contribution is 2.61. The first-order chi connectivity index (χ1) is 24.4. The molecular formula is C38H36ClF3N2O7. The number of para-hydroxylation sites is 1. The molecule has 2 amide bonds. The van der Waals surface area contributed by atoms with Gasteiger partial charge in [-0.05, 0) is 66.9 Å². The number of alkyl halides is 3. The predicted molar refractivity (Wildman–Crippen MR) is 181 cm³/mol. The summed E-state index contributed by atoms with van der Waals surface area (Å²) in [6.45, 7) is 2.70. The Hall–Kier alpha value is -4.78. The molecule has 268 valence electrons. The molecule has 2 unspecified atom stereocenters. The minimum Gasteiger partial charge on any atom is -0.496 e. The Kier molecular flexibility index (Phi) is 9.95. The number of carbonyl (C=O) groups is 2. The molecule has 2 heterocycles. The summed E-state index contributed by atoms with van der Waals surface area (Å²) in [5.74, 6) is -0.166. The van der Waals surface area contributed by atoms with Crippen LogP contribution in [0.2, 0.25) is 5.02 Å². The van der Waals surface area contributed by atoms with Gasteiger partial charge in [-0.3, -0.25) is 19.4 Å². The van der Waals surface area contributed by atoms with E-state index in [0.717, 1.165) is 17.7 Å². The fourth-order valence-corrected chi connectivity index (χ4v) is 7.05. The van der Waals surface area contributed by atoms with E-state index in [1.54, 1.807) is 48.5 Å². The Morgan fingerprint density at radius 1 is 0.765 bits per heavy atom. The van der Waals surface area contributed by atoms with Gasteiger partial charge in [-0.15, -0.1) is 0 Å². The fourth-order valence-electron chi connectivity index (χ4n) is 6.85. The molecule has 0 saturated carbocycles. The zero-order valence-electron chi connectivity index (χ0n) is 28.4. The maximum atomic E-state index is 14.3. The van der Waals surface area contributed by atoms with Crippen LogP contribution in [0.3, 0.4) is 0 Å². The van der Waals surface area contributed by atoms with E-state index in [2.05, 4.69) is 0 Å². The van der Waals surface area contributed by atoms with E-state index in [-0.39, 0.29) is 36.8 Å². The SMILES string of the molecule is CCOc1ccccc1C1(C2(c3c(OC)cccc3OC)OCC(=O)N2Cc2ccc(C(F)(F)F)cc2)OCC(=O)N1Cc1ccc(C)c(Cl)c1. The highest BCUT2D eigenvalue weighted by Gasteiger charge is 2.72. The van der Waals surface area contributed by atoms with Crippen molar-refractivity contribution in [3.05, 3.63) is 123 Å². The fraction of sp³-hybridized carbons (Fsp3) is 0.316. The first kappa shape index (κ1) is 36.0. The zero-order valence-corrected chi connectivity index (χ0v) is 29.1. The molecule has 4 aromatic carbocycles. The Labute approximate surface area is 298 Å². The third-order valence-corrected chi connectivity index (χ3v) is 9.56. The molecular weight excluding hydrogens is 689 g/mol. The number of halogens is 4. The second kappa shape index (κ2) is 14.1. The molecule has 2 atom stereocenters. The third kappa shape index (κ3) is 6.15. The van der Waals surface area contributed by atoms with Crippen molar-refractivity contribution in [2.24, 2.45) is 0 Å².